The third-order valence-electron chi connectivity index (χ3n) is 4.57. The maximum absolute atomic E-state index is 10.4. The largest absolute Gasteiger partial charge is 0.286 e. The summed E-state index contributed by atoms with van der Waals surface area (Å²) in [5.41, 5.74) is 5.72. The molecule has 1 aliphatic rings. The fourth-order valence-electron chi connectivity index (χ4n) is 3.04. The molecular formula is C18H23O. The Hall–Kier alpha value is -1.37. The lowest BCUT2D eigenvalue weighted by molar-refractivity contribution is 0.331. The summed E-state index contributed by atoms with van der Waals surface area (Å²) in [4.78, 5) is 10.4. The SMILES string of the molecule is Cc1cc2c(cc1C=C[C]=O)C(C)(C)CCC2(C)C. The van der Waals surface area contributed by atoms with Gasteiger partial charge in [-0.1, -0.05) is 45.9 Å². The summed E-state index contributed by atoms with van der Waals surface area (Å²) in [6, 6.07) is 4.57. The van der Waals surface area contributed by atoms with Crippen molar-refractivity contribution in [3.8, 4) is 0 Å². The molecule has 2 rings (SSSR count). The van der Waals surface area contributed by atoms with Crippen LogP contribution in [-0.4, -0.2) is 6.29 Å². The van der Waals surface area contributed by atoms with Gasteiger partial charge in [-0.2, -0.15) is 0 Å². The first-order valence-electron chi connectivity index (χ1n) is 6.98. The Morgan fingerprint density at radius 2 is 1.58 bits per heavy atom. The molecule has 1 aliphatic carbocycles. The van der Waals surface area contributed by atoms with Crippen molar-refractivity contribution in [3.63, 3.8) is 0 Å². The van der Waals surface area contributed by atoms with Crippen LogP contribution in [0.5, 0.6) is 0 Å². The molecular weight excluding hydrogens is 232 g/mol. The molecule has 1 heteroatoms. The predicted octanol–water partition coefficient (Wildman–Crippen LogP) is 4.47. The first kappa shape index (κ1) is 14.0. The highest BCUT2D eigenvalue weighted by Crippen LogP contribution is 2.46. The Bertz CT molecular complexity index is 533. The number of benzene rings is 1. The molecule has 0 saturated carbocycles. The van der Waals surface area contributed by atoms with Gasteiger partial charge in [0.15, 0.2) is 0 Å². The van der Waals surface area contributed by atoms with Gasteiger partial charge in [0.2, 0.25) is 6.29 Å². The van der Waals surface area contributed by atoms with Gasteiger partial charge in [0.1, 0.15) is 0 Å². The summed E-state index contributed by atoms with van der Waals surface area (Å²) in [5, 5.41) is 0. The molecule has 1 radical (unpaired) electrons. The van der Waals surface area contributed by atoms with Crippen molar-refractivity contribution in [3.05, 3.63) is 40.5 Å². The van der Waals surface area contributed by atoms with E-state index in [0.717, 1.165) is 5.56 Å². The van der Waals surface area contributed by atoms with Gasteiger partial charge in [-0.15, -0.1) is 0 Å². The molecule has 0 bridgehead atoms. The van der Waals surface area contributed by atoms with Crippen molar-refractivity contribution < 1.29 is 4.79 Å². The van der Waals surface area contributed by atoms with E-state index in [1.807, 2.05) is 12.4 Å². The third kappa shape index (κ3) is 2.51. The van der Waals surface area contributed by atoms with Crippen LogP contribution in [0.2, 0.25) is 0 Å². The van der Waals surface area contributed by atoms with Crippen LogP contribution in [0, 0.1) is 6.92 Å². The Kier molecular flexibility index (Phi) is 3.42. The van der Waals surface area contributed by atoms with E-state index in [9.17, 15) is 4.79 Å². The molecule has 1 aromatic rings. The Morgan fingerprint density at radius 1 is 1.05 bits per heavy atom. The third-order valence-corrected chi connectivity index (χ3v) is 4.57. The number of hydrogen-bond acceptors (Lipinski definition) is 1. The second-order valence-corrected chi connectivity index (χ2v) is 6.97. The standard InChI is InChI=1S/C18H23O/c1-13-11-15-16(12-14(13)7-6-10-19)18(4,5)9-8-17(15,2)3/h6-7,11-12H,8-9H2,1-5H3. The van der Waals surface area contributed by atoms with Gasteiger partial charge < -0.3 is 0 Å². The first-order chi connectivity index (χ1) is 8.78. The number of carbonyl (C=O) groups excluding carboxylic acids is 1. The van der Waals surface area contributed by atoms with Gasteiger partial charge in [-0.25, -0.2) is 0 Å². The molecule has 0 atom stereocenters. The molecule has 0 fully saturated rings. The molecule has 19 heavy (non-hydrogen) atoms. The van der Waals surface area contributed by atoms with Crippen molar-refractivity contribution >= 4 is 12.4 Å². The minimum absolute atomic E-state index is 0.214. The smallest absolute Gasteiger partial charge is 0.225 e. The van der Waals surface area contributed by atoms with Crippen LogP contribution in [0.1, 0.15) is 62.8 Å². The van der Waals surface area contributed by atoms with Gasteiger partial charge >= 0.3 is 0 Å². The van der Waals surface area contributed by atoms with E-state index in [2.05, 4.69) is 46.8 Å². The van der Waals surface area contributed by atoms with E-state index in [4.69, 9.17) is 0 Å². The Morgan fingerprint density at radius 3 is 2.11 bits per heavy atom. The molecule has 0 unspecified atom stereocenters. The monoisotopic (exact) mass is 255 g/mol. The molecule has 101 valence electrons. The molecule has 0 aromatic heterocycles. The van der Waals surface area contributed by atoms with Crippen LogP contribution in [0.25, 0.3) is 6.08 Å². The van der Waals surface area contributed by atoms with Gasteiger partial charge in [0.05, 0.1) is 0 Å². The topological polar surface area (TPSA) is 17.1 Å². The summed E-state index contributed by atoms with van der Waals surface area (Å²) >= 11 is 0. The highest BCUT2D eigenvalue weighted by Gasteiger charge is 2.37. The summed E-state index contributed by atoms with van der Waals surface area (Å²) in [5.74, 6) is 0. The van der Waals surface area contributed by atoms with Crippen molar-refractivity contribution in [1.29, 1.82) is 0 Å². The molecule has 0 spiro atoms. The zero-order chi connectivity index (χ0) is 14.3. The number of rotatable bonds is 2. The maximum Gasteiger partial charge on any atom is 0.225 e. The van der Waals surface area contributed by atoms with Crippen molar-refractivity contribution in [2.75, 3.05) is 0 Å². The van der Waals surface area contributed by atoms with E-state index < -0.39 is 0 Å². The number of fused-ring (bicyclic) bond motifs is 1. The van der Waals surface area contributed by atoms with Gasteiger partial charge in [-0.05, 0) is 58.9 Å². The van der Waals surface area contributed by atoms with E-state index >= 15 is 0 Å². The fourth-order valence-corrected chi connectivity index (χ4v) is 3.04. The second-order valence-electron chi connectivity index (χ2n) is 6.97. The molecule has 0 N–H and O–H groups in total. The zero-order valence-electron chi connectivity index (χ0n) is 12.6. The quantitative estimate of drug-likeness (QED) is 0.713. The van der Waals surface area contributed by atoms with Crippen molar-refractivity contribution in [2.45, 2.75) is 58.3 Å². The van der Waals surface area contributed by atoms with Crippen LogP contribution >= 0.6 is 0 Å². The molecule has 0 aliphatic heterocycles. The zero-order valence-corrected chi connectivity index (χ0v) is 12.6. The predicted molar refractivity (Wildman–Crippen MR) is 81.2 cm³/mol. The number of hydrogen-bond donors (Lipinski definition) is 0. The highest BCUT2D eigenvalue weighted by molar-refractivity contribution is 5.75. The van der Waals surface area contributed by atoms with Gasteiger partial charge in [-0.3, -0.25) is 4.79 Å². The summed E-state index contributed by atoms with van der Waals surface area (Å²) in [6.45, 7) is 11.4. The number of allylic oxidation sites excluding steroid dienone is 1. The lowest BCUT2D eigenvalue weighted by Crippen LogP contribution is -2.34. The van der Waals surface area contributed by atoms with E-state index in [1.54, 1.807) is 0 Å². The number of aryl methyl sites for hydroxylation is 1. The van der Waals surface area contributed by atoms with Gasteiger partial charge in [0.25, 0.3) is 0 Å². The van der Waals surface area contributed by atoms with Crippen LogP contribution in [0.15, 0.2) is 18.2 Å². The highest BCUT2D eigenvalue weighted by atomic mass is 16.1. The molecule has 1 nitrogen and oxygen atoms in total. The molecule has 0 heterocycles. The van der Waals surface area contributed by atoms with Crippen molar-refractivity contribution in [1.82, 2.24) is 0 Å². The van der Waals surface area contributed by atoms with E-state index in [0.29, 0.717) is 0 Å². The molecule has 1 aromatic carbocycles. The average Bonchev–Trinajstić information content (AvgIpc) is 2.33. The summed E-state index contributed by atoms with van der Waals surface area (Å²) in [6.07, 6.45) is 7.58. The fraction of sp³-hybridized carbons (Fsp3) is 0.500. The summed E-state index contributed by atoms with van der Waals surface area (Å²) in [7, 11) is 0. The van der Waals surface area contributed by atoms with Crippen LogP contribution in [-0.2, 0) is 15.6 Å². The van der Waals surface area contributed by atoms with Crippen LogP contribution in [0.3, 0.4) is 0 Å². The first-order valence-corrected chi connectivity index (χ1v) is 6.98. The average molecular weight is 255 g/mol. The Labute approximate surface area is 116 Å². The van der Waals surface area contributed by atoms with Crippen LogP contribution < -0.4 is 0 Å². The normalized spacial score (nSPS) is 20.3. The van der Waals surface area contributed by atoms with Crippen LogP contribution in [0.4, 0.5) is 0 Å². The molecule has 0 amide bonds. The van der Waals surface area contributed by atoms with E-state index in [-0.39, 0.29) is 10.8 Å². The van der Waals surface area contributed by atoms with Gasteiger partial charge in [0, 0.05) is 0 Å². The lowest BCUT2D eigenvalue weighted by atomic mass is 9.62. The van der Waals surface area contributed by atoms with Crippen molar-refractivity contribution in [2.24, 2.45) is 0 Å². The second kappa shape index (κ2) is 4.63. The maximum atomic E-state index is 10.4. The molecule has 0 saturated heterocycles. The van der Waals surface area contributed by atoms with E-state index in [1.165, 1.54) is 35.6 Å². The minimum atomic E-state index is 0.214. The lowest BCUT2D eigenvalue weighted by Gasteiger charge is -2.42. The summed E-state index contributed by atoms with van der Waals surface area (Å²) < 4.78 is 0. The minimum Gasteiger partial charge on any atom is -0.286 e. The Balaban J connectivity index is 2.64.